The van der Waals surface area contributed by atoms with Crippen LogP contribution in [-0.2, 0) is 13.6 Å². The molecule has 0 atom stereocenters. The number of nitrogens with zero attached hydrogens (tertiary/aromatic N) is 4. The molecule has 0 aliphatic carbocycles. The van der Waals surface area contributed by atoms with Crippen molar-refractivity contribution in [3.63, 3.8) is 0 Å². The Morgan fingerprint density at radius 1 is 1.25 bits per heavy atom. The molecule has 3 rings (SSSR count). The van der Waals surface area contributed by atoms with Crippen molar-refractivity contribution in [2.45, 2.75) is 13.5 Å². The maximum Gasteiger partial charge on any atom is 0.260 e. The Morgan fingerprint density at radius 3 is 2.67 bits per heavy atom. The molecule has 3 aromatic rings. The van der Waals surface area contributed by atoms with Crippen molar-refractivity contribution in [3.8, 4) is 0 Å². The minimum atomic E-state index is -0.300. The first kappa shape index (κ1) is 16.5. The van der Waals surface area contributed by atoms with E-state index >= 15 is 0 Å². The standard InChI is InChI=1S/C16H15Cl2N5O/c1-10-12(7-19-22(10)2)16(24)20-15-14(18)9-23(21-15)8-11-5-3-4-6-13(11)17/h3-7,9H,8H2,1-2H3,(H,20,21,24). The number of anilines is 1. The minimum absolute atomic E-state index is 0.300. The van der Waals surface area contributed by atoms with Gasteiger partial charge in [0.25, 0.3) is 5.91 Å². The average Bonchev–Trinajstić information content (AvgIpc) is 3.05. The molecule has 0 bridgehead atoms. The highest BCUT2D eigenvalue weighted by Crippen LogP contribution is 2.23. The number of amides is 1. The normalized spacial score (nSPS) is 10.8. The maximum atomic E-state index is 12.3. The Labute approximate surface area is 149 Å². The van der Waals surface area contributed by atoms with Gasteiger partial charge in [0.15, 0.2) is 5.82 Å². The zero-order valence-electron chi connectivity index (χ0n) is 13.1. The van der Waals surface area contributed by atoms with Crippen molar-refractivity contribution in [2.24, 2.45) is 7.05 Å². The van der Waals surface area contributed by atoms with Crippen LogP contribution in [0.15, 0.2) is 36.7 Å². The van der Waals surface area contributed by atoms with Crippen LogP contribution in [0, 0.1) is 6.92 Å². The molecule has 0 saturated carbocycles. The van der Waals surface area contributed by atoms with Crippen molar-refractivity contribution in [1.82, 2.24) is 19.6 Å². The number of carbonyl (C=O) groups is 1. The topological polar surface area (TPSA) is 64.7 Å². The lowest BCUT2D eigenvalue weighted by atomic mass is 10.2. The summed E-state index contributed by atoms with van der Waals surface area (Å²) < 4.78 is 3.27. The predicted octanol–water partition coefficient (Wildman–Crippen LogP) is 3.53. The summed E-state index contributed by atoms with van der Waals surface area (Å²) in [6, 6.07) is 7.50. The van der Waals surface area contributed by atoms with E-state index in [1.807, 2.05) is 31.2 Å². The minimum Gasteiger partial charge on any atom is -0.304 e. The summed E-state index contributed by atoms with van der Waals surface area (Å²) in [5, 5.41) is 12.1. The number of nitrogens with one attached hydrogen (secondary N) is 1. The lowest BCUT2D eigenvalue weighted by Gasteiger charge is -2.04. The number of hydrogen-bond acceptors (Lipinski definition) is 3. The maximum absolute atomic E-state index is 12.3. The van der Waals surface area contributed by atoms with E-state index in [0.717, 1.165) is 11.3 Å². The number of carbonyl (C=O) groups excluding carboxylic acids is 1. The van der Waals surface area contributed by atoms with Gasteiger partial charge in [0.2, 0.25) is 0 Å². The van der Waals surface area contributed by atoms with Crippen LogP contribution in [0.2, 0.25) is 10.0 Å². The van der Waals surface area contributed by atoms with Crippen LogP contribution in [-0.4, -0.2) is 25.5 Å². The second-order valence-electron chi connectivity index (χ2n) is 5.34. The van der Waals surface area contributed by atoms with E-state index in [1.54, 1.807) is 22.6 Å². The van der Waals surface area contributed by atoms with Crippen LogP contribution in [0.1, 0.15) is 21.6 Å². The van der Waals surface area contributed by atoms with E-state index in [4.69, 9.17) is 23.2 Å². The predicted molar refractivity (Wildman–Crippen MR) is 93.7 cm³/mol. The summed E-state index contributed by atoms with van der Waals surface area (Å²) in [5.41, 5.74) is 2.16. The molecule has 2 heterocycles. The van der Waals surface area contributed by atoms with Gasteiger partial charge in [0.1, 0.15) is 5.02 Å². The van der Waals surface area contributed by atoms with Crippen LogP contribution in [0.5, 0.6) is 0 Å². The van der Waals surface area contributed by atoms with Crippen LogP contribution in [0.4, 0.5) is 5.82 Å². The number of benzene rings is 1. The number of hydrogen-bond donors (Lipinski definition) is 1. The third-order valence-electron chi connectivity index (χ3n) is 3.72. The van der Waals surface area contributed by atoms with Crippen molar-refractivity contribution < 1.29 is 4.79 Å². The second kappa shape index (κ2) is 6.67. The molecule has 0 saturated heterocycles. The first-order valence-corrected chi connectivity index (χ1v) is 7.97. The Hall–Kier alpha value is -2.31. The molecule has 6 nitrogen and oxygen atoms in total. The van der Waals surface area contributed by atoms with Gasteiger partial charge in [0.05, 0.1) is 18.3 Å². The van der Waals surface area contributed by atoms with E-state index in [9.17, 15) is 4.79 Å². The third-order valence-corrected chi connectivity index (χ3v) is 4.36. The molecule has 2 aromatic heterocycles. The van der Waals surface area contributed by atoms with Crippen molar-refractivity contribution in [1.29, 1.82) is 0 Å². The van der Waals surface area contributed by atoms with E-state index in [1.165, 1.54) is 6.20 Å². The Bertz CT molecular complexity index is 900. The zero-order chi connectivity index (χ0) is 17.3. The molecule has 1 amide bonds. The Balaban J connectivity index is 1.78. The molecular weight excluding hydrogens is 349 g/mol. The summed E-state index contributed by atoms with van der Waals surface area (Å²) in [7, 11) is 1.78. The van der Waals surface area contributed by atoms with E-state index in [2.05, 4.69) is 15.5 Å². The van der Waals surface area contributed by atoms with Crippen molar-refractivity contribution >= 4 is 34.9 Å². The fraction of sp³-hybridized carbons (Fsp3) is 0.188. The van der Waals surface area contributed by atoms with Gasteiger partial charge in [-0.1, -0.05) is 41.4 Å². The highest BCUT2D eigenvalue weighted by molar-refractivity contribution is 6.33. The Morgan fingerprint density at radius 2 is 2.00 bits per heavy atom. The molecule has 0 aliphatic heterocycles. The second-order valence-corrected chi connectivity index (χ2v) is 6.15. The first-order chi connectivity index (χ1) is 11.5. The molecule has 1 aromatic carbocycles. The van der Waals surface area contributed by atoms with Gasteiger partial charge in [-0.25, -0.2) is 0 Å². The van der Waals surface area contributed by atoms with Gasteiger partial charge < -0.3 is 5.32 Å². The van der Waals surface area contributed by atoms with E-state index < -0.39 is 0 Å². The number of halogens is 2. The lowest BCUT2D eigenvalue weighted by molar-refractivity contribution is 0.102. The summed E-state index contributed by atoms with van der Waals surface area (Å²) in [4.78, 5) is 12.3. The molecule has 8 heteroatoms. The summed E-state index contributed by atoms with van der Waals surface area (Å²) in [5.74, 6) is 0.00228. The molecule has 0 unspecified atom stereocenters. The molecular formula is C16H15Cl2N5O. The van der Waals surface area contributed by atoms with Gasteiger partial charge in [-0.2, -0.15) is 10.2 Å². The average molecular weight is 364 g/mol. The van der Waals surface area contributed by atoms with E-state index in [0.29, 0.717) is 28.0 Å². The monoisotopic (exact) mass is 363 g/mol. The van der Waals surface area contributed by atoms with Gasteiger partial charge in [-0.05, 0) is 18.6 Å². The number of aromatic nitrogens is 4. The fourth-order valence-corrected chi connectivity index (χ4v) is 2.65. The largest absolute Gasteiger partial charge is 0.304 e. The SMILES string of the molecule is Cc1c(C(=O)Nc2nn(Cc3ccccc3Cl)cc2Cl)cnn1C. The van der Waals surface area contributed by atoms with Crippen molar-refractivity contribution in [2.75, 3.05) is 5.32 Å². The van der Waals surface area contributed by atoms with Gasteiger partial charge in [0, 0.05) is 24.0 Å². The van der Waals surface area contributed by atoms with E-state index in [-0.39, 0.29) is 5.91 Å². The van der Waals surface area contributed by atoms with Gasteiger partial charge in [-0.15, -0.1) is 0 Å². The molecule has 24 heavy (non-hydrogen) atoms. The number of rotatable bonds is 4. The molecule has 0 radical (unpaired) electrons. The molecule has 0 fully saturated rings. The fourth-order valence-electron chi connectivity index (χ4n) is 2.26. The molecule has 0 aliphatic rings. The first-order valence-electron chi connectivity index (χ1n) is 7.22. The quantitative estimate of drug-likeness (QED) is 0.770. The van der Waals surface area contributed by atoms with Crippen LogP contribution in [0.3, 0.4) is 0 Å². The highest BCUT2D eigenvalue weighted by Gasteiger charge is 2.16. The third kappa shape index (κ3) is 3.29. The summed E-state index contributed by atoms with van der Waals surface area (Å²) >= 11 is 12.3. The lowest BCUT2D eigenvalue weighted by Crippen LogP contribution is -2.14. The molecule has 1 N–H and O–H groups in total. The van der Waals surface area contributed by atoms with Crippen LogP contribution < -0.4 is 5.32 Å². The summed E-state index contributed by atoms with van der Waals surface area (Å²) in [6.07, 6.45) is 3.16. The van der Waals surface area contributed by atoms with Gasteiger partial charge >= 0.3 is 0 Å². The zero-order valence-corrected chi connectivity index (χ0v) is 14.6. The summed E-state index contributed by atoms with van der Waals surface area (Å²) in [6.45, 7) is 2.28. The van der Waals surface area contributed by atoms with Crippen LogP contribution in [0.25, 0.3) is 0 Å². The van der Waals surface area contributed by atoms with Crippen LogP contribution >= 0.6 is 23.2 Å². The van der Waals surface area contributed by atoms with Crippen molar-refractivity contribution in [3.05, 3.63) is 63.5 Å². The highest BCUT2D eigenvalue weighted by atomic mass is 35.5. The molecule has 124 valence electrons. The Kier molecular flexibility index (Phi) is 4.59. The van der Waals surface area contributed by atoms with Gasteiger partial charge in [-0.3, -0.25) is 14.2 Å². The molecule has 0 spiro atoms. The smallest absolute Gasteiger partial charge is 0.260 e. The number of aryl methyl sites for hydroxylation is 1.